The van der Waals surface area contributed by atoms with E-state index in [0.29, 0.717) is 12.6 Å². The standard InChI is InChI=1S/C20H30N2O3.C3H8/c1-16(2)22-9-7-19(8-10-22)25-18-5-3-17(4-6-18)20(23)15-21-11-13-24-14-12-21;1-3-2/h3-6,16,19H,7-15H2,1-2H3;3H2,1-2H3. The average Bonchev–Trinajstić information content (AvgIpc) is 2.70. The molecule has 0 bridgehead atoms. The molecule has 2 fully saturated rings. The van der Waals surface area contributed by atoms with Crippen LogP contribution in [-0.2, 0) is 4.74 Å². The summed E-state index contributed by atoms with van der Waals surface area (Å²) in [6, 6.07) is 8.25. The van der Waals surface area contributed by atoms with E-state index >= 15 is 0 Å². The molecule has 2 heterocycles. The minimum atomic E-state index is 0.165. The fourth-order valence-corrected chi connectivity index (χ4v) is 3.48. The lowest BCUT2D eigenvalue weighted by molar-refractivity contribution is 0.0371. The molecular weight excluding hydrogens is 352 g/mol. The van der Waals surface area contributed by atoms with E-state index in [2.05, 4.69) is 37.5 Å². The van der Waals surface area contributed by atoms with Gasteiger partial charge in [0.15, 0.2) is 5.78 Å². The first-order chi connectivity index (χ1) is 13.5. The molecular formula is C23H38N2O3. The van der Waals surface area contributed by atoms with Crippen molar-refractivity contribution in [2.75, 3.05) is 45.9 Å². The highest BCUT2D eigenvalue weighted by Gasteiger charge is 2.22. The smallest absolute Gasteiger partial charge is 0.176 e. The molecule has 0 unspecified atom stereocenters. The van der Waals surface area contributed by atoms with Crippen molar-refractivity contribution < 1.29 is 14.3 Å². The van der Waals surface area contributed by atoms with E-state index in [4.69, 9.17) is 9.47 Å². The van der Waals surface area contributed by atoms with Crippen LogP contribution in [0.5, 0.6) is 5.75 Å². The maximum absolute atomic E-state index is 12.4. The van der Waals surface area contributed by atoms with Crippen LogP contribution in [0.1, 0.15) is 57.3 Å². The number of carbonyl (C=O) groups excluding carboxylic acids is 1. The Kier molecular flexibility index (Phi) is 9.96. The molecule has 2 aliphatic heterocycles. The van der Waals surface area contributed by atoms with Crippen molar-refractivity contribution in [2.45, 2.75) is 59.1 Å². The van der Waals surface area contributed by atoms with Crippen LogP contribution >= 0.6 is 0 Å². The molecule has 0 radical (unpaired) electrons. The van der Waals surface area contributed by atoms with Crippen molar-refractivity contribution >= 4 is 5.78 Å². The Balaban J connectivity index is 0.000000878. The molecule has 5 nitrogen and oxygen atoms in total. The van der Waals surface area contributed by atoms with Crippen LogP contribution in [0.25, 0.3) is 0 Å². The van der Waals surface area contributed by atoms with Crippen molar-refractivity contribution in [3.05, 3.63) is 29.8 Å². The molecule has 1 aromatic carbocycles. The van der Waals surface area contributed by atoms with Gasteiger partial charge in [-0.1, -0.05) is 20.3 Å². The number of nitrogens with zero attached hydrogens (tertiary/aromatic N) is 2. The third kappa shape index (κ3) is 7.53. The lowest BCUT2D eigenvalue weighted by Gasteiger charge is -2.34. The molecule has 0 atom stereocenters. The zero-order valence-corrected chi connectivity index (χ0v) is 18.2. The predicted octanol–water partition coefficient (Wildman–Crippen LogP) is 3.87. The number of benzene rings is 1. The number of rotatable bonds is 6. The van der Waals surface area contributed by atoms with Crippen molar-refractivity contribution in [1.82, 2.24) is 9.80 Å². The fraction of sp³-hybridized carbons (Fsp3) is 0.696. The van der Waals surface area contributed by atoms with E-state index in [1.807, 2.05) is 24.3 Å². The number of ether oxygens (including phenoxy) is 2. The Morgan fingerprint density at radius 3 is 2.18 bits per heavy atom. The molecule has 158 valence electrons. The number of ketones is 1. The predicted molar refractivity (Wildman–Crippen MR) is 114 cm³/mol. The summed E-state index contributed by atoms with van der Waals surface area (Å²) in [4.78, 5) is 17.0. The highest BCUT2D eigenvalue weighted by atomic mass is 16.5. The van der Waals surface area contributed by atoms with Crippen LogP contribution in [0.2, 0.25) is 0 Å². The zero-order valence-electron chi connectivity index (χ0n) is 18.2. The number of hydrogen-bond donors (Lipinski definition) is 0. The van der Waals surface area contributed by atoms with Gasteiger partial charge in [0.2, 0.25) is 0 Å². The third-order valence-corrected chi connectivity index (χ3v) is 5.16. The summed E-state index contributed by atoms with van der Waals surface area (Å²) in [5, 5.41) is 0. The van der Waals surface area contributed by atoms with Gasteiger partial charge in [-0.25, -0.2) is 0 Å². The van der Waals surface area contributed by atoms with Crippen LogP contribution in [0.4, 0.5) is 0 Å². The first kappa shape index (κ1) is 22.9. The highest BCUT2D eigenvalue weighted by molar-refractivity contribution is 5.97. The van der Waals surface area contributed by atoms with Crippen LogP contribution in [0.3, 0.4) is 0 Å². The summed E-state index contributed by atoms with van der Waals surface area (Å²) < 4.78 is 11.4. The molecule has 0 spiro atoms. The van der Waals surface area contributed by atoms with E-state index in [0.717, 1.165) is 63.5 Å². The summed E-state index contributed by atoms with van der Waals surface area (Å²) in [7, 11) is 0. The quantitative estimate of drug-likeness (QED) is 0.690. The summed E-state index contributed by atoms with van der Waals surface area (Å²) in [5.74, 6) is 1.03. The van der Waals surface area contributed by atoms with Crippen LogP contribution in [-0.4, -0.2) is 73.7 Å². The molecule has 2 aliphatic rings. The molecule has 0 amide bonds. The van der Waals surface area contributed by atoms with E-state index in [1.54, 1.807) is 0 Å². The van der Waals surface area contributed by atoms with Gasteiger partial charge >= 0.3 is 0 Å². The van der Waals surface area contributed by atoms with Crippen LogP contribution < -0.4 is 4.74 Å². The fourth-order valence-electron chi connectivity index (χ4n) is 3.48. The minimum absolute atomic E-state index is 0.165. The summed E-state index contributed by atoms with van der Waals surface area (Å²) in [6.07, 6.45) is 3.66. The topological polar surface area (TPSA) is 42.0 Å². The molecule has 0 N–H and O–H groups in total. The largest absolute Gasteiger partial charge is 0.490 e. The SMILES string of the molecule is CC(C)N1CCC(Oc2ccc(C(=O)CN3CCOCC3)cc2)CC1.CCC. The first-order valence-electron chi connectivity index (χ1n) is 10.9. The van der Waals surface area contributed by atoms with E-state index in [9.17, 15) is 4.79 Å². The summed E-state index contributed by atoms with van der Waals surface area (Å²) in [6.45, 7) is 14.5. The number of likely N-dealkylation sites (tertiary alicyclic amines) is 1. The molecule has 0 aromatic heterocycles. The lowest BCUT2D eigenvalue weighted by atomic mass is 10.1. The van der Waals surface area contributed by atoms with Gasteiger partial charge in [0, 0.05) is 37.8 Å². The van der Waals surface area contributed by atoms with E-state index in [1.165, 1.54) is 6.42 Å². The maximum Gasteiger partial charge on any atom is 0.176 e. The first-order valence-corrected chi connectivity index (χ1v) is 10.9. The number of morpholine rings is 1. The molecule has 3 rings (SSSR count). The maximum atomic E-state index is 12.4. The van der Waals surface area contributed by atoms with E-state index < -0.39 is 0 Å². The molecule has 0 aliphatic carbocycles. The van der Waals surface area contributed by atoms with Crippen molar-refractivity contribution in [3.63, 3.8) is 0 Å². The van der Waals surface area contributed by atoms with Gasteiger partial charge < -0.3 is 14.4 Å². The Bertz CT molecular complexity index is 560. The second kappa shape index (κ2) is 12.2. The Morgan fingerprint density at radius 1 is 1.07 bits per heavy atom. The van der Waals surface area contributed by atoms with Gasteiger partial charge in [-0.3, -0.25) is 9.69 Å². The zero-order chi connectivity index (χ0) is 20.4. The number of carbonyl (C=O) groups is 1. The Labute approximate surface area is 171 Å². The van der Waals surface area contributed by atoms with Gasteiger partial charge in [0.1, 0.15) is 11.9 Å². The monoisotopic (exact) mass is 390 g/mol. The third-order valence-electron chi connectivity index (χ3n) is 5.16. The van der Waals surface area contributed by atoms with Gasteiger partial charge in [0.05, 0.1) is 19.8 Å². The number of hydrogen-bond acceptors (Lipinski definition) is 5. The lowest BCUT2D eigenvalue weighted by Crippen LogP contribution is -2.41. The average molecular weight is 391 g/mol. The van der Waals surface area contributed by atoms with Crippen molar-refractivity contribution in [2.24, 2.45) is 0 Å². The summed E-state index contributed by atoms with van der Waals surface area (Å²) in [5.41, 5.74) is 0.758. The second-order valence-corrected chi connectivity index (χ2v) is 7.99. The normalized spacial score (nSPS) is 19.2. The van der Waals surface area contributed by atoms with Crippen molar-refractivity contribution in [3.8, 4) is 5.75 Å². The van der Waals surface area contributed by atoms with Gasteiger partial charge in [0.25, 0.3) is 0 Å². The van der Waals surface area contributed by atoms with Gasteiger partial charge in [-0.2, -0.15) is 0 Å². The molecule has 28 heavy (non-hydrogen) atoms. The Morgan fingerprint density at radius 2 is 1.64 bits per heavy atom. The molecule has 2 saturated heterocycles. The second-order valence-electron chi connectivity index (χ2n) is 7.99. The van der Waals surface area contributed by atoms with Crippen LogP contribution in [0, 0.1) is 0 Å². The summed E-state index contributed by atoms with van der Waals surface area (Å²) >= 11 is 0. The molecule has 0 saturated carbocycles. The highest BCUT2D eigenvalue weighted by Crippen LogP contribution is 2.21. The van der Waals surface area contributed by atoms with Crippen molar-refractivity contribution in [1.29, 1.82) is 0 Å². The minimum Gasteiger partial charge on any atom is -0.490 e. The van der Waals surface area contributed by atoms with Crippen LogP contribution in [0.15, 0.2) is 24.3 Å². The van der Waals surface area contributed by atoms with Gasteiger partial charge in [-0.15, -0.1) is 0 Å². The van der Waals surface area contributed by atoms with E-state index in [-0.39, 0.29) is 11.9 Å². The number of piperidine rings is 1. The molecule has 1 aromatic rings. The Hall–Kier alpha value is -1.43. The van der Waals surface area contributed by atoms with Gasteiger partial charge in [-0.05, 0) is 51.0 Å². The molecule has 5 heteroatoms. The number of Topliss-reactive ketones (excluding diaryl/α,β-unsaturated/α-hetero) is 1.